The van der Waals surface area contributed by atoms with Gasteiger partial charge in [0.2, 0.25) is 0 Å². The highest BCUT2D eigenvalue weighted by atomic mass is 16.5. The van der Waals surface area contributed by atoms with Crippen LogP contribution in [0.2, 0.25) is 0 Å². The molecular formula is C22H23NO5. The Bertz CT molecular complexity index is 829. The standard InChI is InChI=1S/C22H23NO5/c24-21(25)11-20(14-9-10-27-12-14)23-22(26)28-13-19-17-7-3-1-5-15(17)16-6-2-4-8-18(16)19/h1-8,14,19-20H,9-13H2,(H,23,26)(H,24,25)/t14?,20-/m1/s1. The van der Waals surface area contributed by atoms with E-state index in [0.29, 0.717) is 13.2 Å². The van der Waals surface area contributed by atoms with Crippen LogP contribution < -0.4 is 5.32 Å². The number of amides is 1. The number of carboxylic acids is 1. The average molecular weight is 381 g/mol. The molecule has 0 bridgehead atoms. The number of ether oxygens (including phenoxy) is 2. The lowest BCUT2D eigenvalue weighted by Crippen LogP contribution is -2.42. The third-order valence-electron chi connectivity index (χ3n) is 5.58. The Morgan fingerprint density at radius 3 is 2.32 bits per heavy atom. The summed E-state index contributed by atoms with van der Waals surface area (Å²) in [5, 5.41) is 11.9. The molecule has 1 saturated heterocycles. The molecule has 2 aromatic rings. The van der Waals surface area contributed by atoms with E-state index in [1.54, 1.807) is 0 Å². The van der Waals surface area contributed by atoms with E-state index in [1.165, 1.54) is 11.1 Å². The van der Waals surface area contributed by atoms with Gasteiger partial charge in [0.15, 0.2) is 0 Å². The van der Waals surface area contributed by atoms with Gasteiger partial charge in [-0.05, 0) is 28.7 Å². The largest absolute Gasteiger partial charge is 0.481 e. The molecule has 1 aliphatic carbocycles. The molecule has 4 rings (SSSR count). The van der Waals surface area contributed by atoms with Gasteiger partial charge in [-0.15, -0.1) is 0 Å². The topological polar surface area (TPSA) is 84.9 Å². The second-order valence-electron chi connectivity index (χ2n) is 7.30. The number of benzene rings is 2. The van der Waals surface area contributed by atoms with Gasteiger partial charge in [-0.25, -0.2) is 4.79 Å². The quantitative estimate of drug-likeness (QED) is 0.801. The van der Waals surface area contributed by atoms with E-state index >= 15 is 0 Å². The van der Waals surface area contributed by atoms with Crippen molar-refractivity contribution in [3.05, 3.63) is 59.7 Å². The molecule has 0 aromatic heterocycles. The molecule has 1 unspecified atom stereocenters. The smallest absolute Gasteiger partial charge is 0.407 e. The van der Waals surface area contributed by atoms with Gasteiger partial charge < -0.3 is 19.9 Å². The van der Waals surface area contributed by atoms with Crippen molar-refractivity contribution in [3.8, 4) is 11.1 Å². The molecule has 146 valence electrons. The summed E-state index contributed by atoms with van der Waals surface area (Å²) in [4.78, 5) is 23.6. The summed E-state index contributed by atoms with van der Waals surface area (Å²) >= 11 is 0. The highest BCUT2D eigenvalue weighted by molar-refractivity contribution is 5.79. The second kappa shape index (κ2) is 8.02. The third kappa shape index (κ3) is 3.73. The van der Waals surface area contributed by atoms with Crippen molar-refractivity contribution >= 4 is 12.1 Å². The molecule has 6 nitrogen and oxygen atoms in total. The zero-order valence-electron chi connectivity index (χ0n) is 15.5. The van der Waals surface area contributed by atoms with Crippen molar-refractivity contribution in [1.29, 1.82) is 0 Å². The lowest BCUT2D eigenvalue weighted by Gasteiger charge is -2.22. The van der Waals surface area contributed by atoms with Crippen molar-refractivity contribution in [2.24, 2.45) is 5.92 Å². The van der Waals surface area contributed by atoms with Crippen molar-refractivity contribution in [2.75, 3.05) is 19.8 Å². The van der Waals surface area contributed by atoms with Crippen LogP contribution in [0.4, 0.5) is 4.79 Å². The number of nitrogens with one attached hydrogen (secondary N) is 1. The number of aliphatic carboxylic acids is 1. The van der Waals surface area contributed by atoms with Crippen LogP contribution in [-0.2, 0) is 14.3 Å². The van der Waals surface area contributed by atoms with Crippen LogP contribution >= 0.6 is 0 Å². The summed E-state index contributed by atoms with van der Waals surface area (Å²) in [5.41, 5.74) is 4.61. The van der Waals surface area contributed by atoms with E-state index in [1.807, 2.05) is 24.3 Å². The molecule has 0 spiro atoms. The van der Waals surface area contributed by atoms with Gasteiger partial charge in [-0.1, -0.05) is 48.5 Å². The van der Waals surface area contributed by atoms with Crippen molar-refractivity contribution in [1.82, 2.24) is 5.32 Å². The number of hydrogen-bond donors (Lipinski definition) is 2. The van der Waals surface area contributed by atoms with E-state index in [2.05, 4.69) is 29.6 Å². The highest BCUT2D eigenvalue weighted by Crippen LogP contribution is 2.44. The Morgan fingerprint density at radius 2 is 1.75 bits per heavy atom. The maximum Gasteiger partial charge on any atom is 0.407 e. The molecular weight excluding hydrogens is 358 g/mol. The summed E-state index contributed by atoms with van der Waals surface area (Å²) in [5.74, 6) is -0.974. The zero-order valence-corrected chi connectivity index (χ0v) is 15.5. The van der Waals surface area contributed by atoms with Gasteiger partial charge in [0.05, 0.1) is 13.0 Å². The fourth-order valence-corrected chi connectivity index (χ4v) is 4.19. The van der Waals surface area contributed by atoms with Crippen LogP contribution in [0, 0.1) is 5.92 Å². The fourth-order valence-electron chi connectivity index (χ4n) is 4.19. The molecule has 2 aliphatic rings. The summed E-state index contributed by atoms with van der Waals surface area (Å²) in [6.45, 7) is 1.26. The molecule has 0 saturated carbocycles. The Kier molecular flexibility index (Phi) is 5.30. The molecule has 1 aliphatic heterocycles. The van der Waals surface area contributed by atoms with Crippen molar-refractivity contribution in [3.63, 3.8) is 0 Å². The van der Waals surface area contributed by atoms with Crippen LogP contribution in [0.3, 0.4) is 0 Å². The first-order valence-electron chi connectivity index (χ1n) is 9.54. The molecule has 1 fully saturated rings. The van der Waals surface area contributed by atoms with Gasteiger partial charge in [-0.3, -0.25) is 4.79 Å². The van der Waals surface area contributed by atoms with E-state index in [9.17, 15) is 9.59 Å². The first kappa shape index (κ1) is 18.5. The number of hydrogen-bond acceptors (Lipinski definition) is 4. The summed E-state index contributed by atoms with van der Waals surface area (Å²) in [7, 11) is 0. The number of fused-ring (bicyclic) bond motifs is 3. The predicted molar refractivity (Wildman–Crippen MR) is 103 cm³/mol. The SMILES string of the molecule is O=C(O)C[C@@H](NC(=O)OCC1c2ccccc2-c2ccccc21)C1CCOC1. The molecule has 2 aromatic carbocycles. The maximum atomic E-state index is 12.4. The lowest BCUT2D eigenvalue weighted by atomic mass is 9.96. The van der Waals surface area contributed by atoms with Crippen molar-refractivity contribution in [2.45, 2.75) is 24.8 Å². The van der Waals surface area contributed by atoms with Crippen LogP contribution in [0.25, 0.3) is 11.1 Å². The van der Waals surface area contributed by atoms with Gasteiger partial charge >= 0.3 is 12.1 Å². The lowest BCUT2D eigenvalue weighted by molar-refractivity contribution is -0.137. The Labute approximate surface area is 163 Å². The van der Waals surface area contributed by atoms with Crippen LogP contribution in [0.1, 0.15) is 29.9 Å². The normalized spacial score (nSPS) is 18.9. The zero-order chi connectivity index (χ0) is 19.5. The van der Waals surface area contributed by atoms with Gasteiger partial charge in [-0.2, -0.15) is 0 Å². The minimum absolute atomic E-state index is 0.00316. The third-order valence-corrected chi connectivity index (χ3v) is 5.58. The van der Waals surface area contributed by atoms with E-state index in [0.717, 1.165) is 17.5 Å². The predicted octanol–water partition coefficient (Wildman–Crippen LogP) is 3.40. The number of carbonyl (C=O) groups excluding carboxylic acids is 1. The highest BCUT2D eigenvalue weighted by Gasteiger charge is 2.31. The first-order valence-corrected chi connectivity index (χ1v) is 9.54. The number of alkyl carbamates (subject to hydrolysis) is 1. The molecule has 1 heterocycles. The van der Waals surface area contributed by atoms with Gasteiger partial charge in [0.25, 0.3) is 0 Å². The van der Waals surface area contributed by atoms with Crippen LogP contribution in [-0.4, -0.2) is 43.0 Å². The van der Waals surface area contributed by atoms with Gasteiger partial charge in [0.1, 0.15) is 6.61 Å². The van der Waals surface area contributed by atoms with Crippen LogP contribution in [0.5, 0.6) is 0 Å². The maximum absolute atomic E-state index is 12.4. The molecule has 1 amide bonds. The monoisotopic (exact) mass is 381 g/mol. The minimum atomic E-state index is -0.948. The number of carboxylic acid groups (broad SMARTS) is 1. The molecule has 2 atom stereocenters. The number of carbonyl (C=O) groups is 2. The van der Waals surface area contributed by atoms with Crippen molar-refractivity contribution < 1.29 is 24.2 Å². The van der Waals surface area contributed by atoms with E-state index < -0.39 is 18.1 Å². The van der Waals surface area contributed by atoms with E-state index in [-0.39, 0.29) is 24.9 Å². The van der Waals surface area contributed by atoms with E-state index in [4.69, 9.17) is 14.6 Å². The fraction of sp³-hybridized carbons (Fsp3) is 0.364. The Morgan fingerprint density at radius 1 is 1.11 bits per heavy atom. The van der Waals surface area contributed by atoms with Gasteiger partial charge in [0, 0.05) is 24.5 Å². The molecule has 2 N–H and O–H groups in total. The summed E-state index contributed by atoms with van der Waals surface area (Å²) in [6.07, 6.45) is 0.0137. The Balaban J connectivity index is 1.44. The first-order chi connectivity index (χ1) is 13.6. The summed E-state index contributed by atoms with van der Waals surface area (Å²) in [6, 6.07) is 15.8. The van der Waals surface area contributed by atoms with Crippen LogP contribution in [0.15, 0.2) is 48.5 Å². The molecule has 6 heteroatoms. The Hall–Kier alpha value is -2.86. The minimum Gasteiger partial charge on any atom is -0.481 e. The molecule has 28 heavy (non-hydrogen) atoms. The second-order valence-corrected chi connectivity index (χ2v) is 7.30. The summed E-state index contributed by atoms with van der Waals surface area (Å²) < 4.78 is 10.9. The molecule has 0 radical (unpaired) electrons. The number of rotatable bonds is 6. The average Bonchev–Trinajstić information content (AvgIpc) is 3.32.